The number of carbonyl (C=O) groups is 2. The van der Waals surface area contributed by atoms with Crippen molar-refractivity contribution >= 4 is 34.8 Å². The maximum atomic E-state index is 12.2. The third-order valence-electron chi connectivity index (χ3n) is 3.12. The first-order valence-corrected chi connectivity index (χ1v) is 7.88. The Morgan fingerprint density at radius 3 is 2.61 bits per heavy atom. The minimum absolute atomic E-state index is 0.151. The molecule has 8 heteroatoms. The van der Waals surface area contributed by atoms with Gasteiger partial charge in [-0.3, -0.25) is 4.79 Å². The average molecular weight is 355 g/mol. The Kier molecular flexibility index (Phi) is 5.35. The van der Waals surface area contributed by atoms with Crippen molar-refractivity contribution in [1.29, 1.82) is 0 Å². The maximum absolute atomic E-state index is 12.2. The number of rotatable bonds is 6. The van der Waals surface area contributed by atoms with Crippen molar-refractivity contribution in [3.63, 3.8) is 0 Å². The zero-order valence-corrected chi connectivity index (χ0v) is 14.1. The molecule has 1 aromatic heterocycles. The van der Waals surface area contributed by atoms with Crippen molar-refractivity contribution in [2.45, 2.75) is 12.5 Å². The van der Waals surface area contributed by atoms with E-state index in [2.05, 4.69) is 10.3 Å². The SMILES string of the molecule is COCC(C)(NC(=O)c1csc(-c2ccc(Cl)cc2)n1)C(=O)O. The molecule has 2 N–H and O–H groups in total. The van der Waals surface area contributed by atoms with Crippen LogP contribution in [0, 0.1) is 0 Å². The number of amides is 1. The van der Waals surface area contributed by atoms with Gasteiger partial charge < -0.3 is 15.2 Å². The molecule has 1 amide bonds. The highest BCUT2D eigenvalue weighted by molar-refractivity contribution is 7.13. The lowest BCUT2D eigenvalue weighted by atomic mass is 10.0. The van der Waals surface area contributed by atoms with Crippen LogP contribution in [0.1, 0.15) is 17.4 Å². The number of thiazole rings is 1. The Balaban J connectivity index is 2.18. The number of ether oxygens (including phenoxy) is 1. The molecular weight excluding hydrogens is 340 g/mol. The number of carboxylic acid groups (broad SMARTS) is 1. The van der Waals surface area contributed by atoms with E-state index in [0.29, 0.717) is 10.0 Å². The Labute approximate surface area is 142 Å². The molecule has 0 radical (unpaired) electrons. The molecule has 23 heavy (non-hydrogen) atoms. The van der Waals surface area contributed by atoms with Crippen LogP contribution in [0.25, 0.3) is 10.6 Å². The van der Waals surface area contributed by atoms with Crippen LogP contribution in [0.15, 0.2) is 29.6 Å². The van der Waals surface area contributed by atoms with Gasteiger partial charge >= 0.3 is 5.97 Å². The van der Waals surface area contributed by atoms with Crippen molar-refractivity contribution < 1.29 is 19.4 Å². The van der Waals surface area contributed by atoms with Crippen molar-refractivity contribution in [3.05, 3.63) is 40.4 Å². The molecule has 2 aromatic rings. The third-order valence-corrected chi connectivity index (χ3v) is 4.27. The summed E-state index contributed by atoms with van der Waals surface area (Å²) < 4.78 is 4.86. The maximum Gasteiger partial charge on any atom is 0.331 e. The fourth-order valence-electron chi connectivity index (χ4n) is 1.86. The van der Waals surface area contributed by atoms with Gasteiger partial charge in [0.2, 0.25) is 0 Å². The van der Waals surface area contributed by atoms with Gasteiger partial charge in [0.25, 0.3) is 5.91 Å². The molecule has 0 aliphatic carbocycles. The van der Waals surface area contributed by atoms with E-state index in [1.54, 1.807) is 29.6 Å². The minimum atomic E-state index is -1.52. The molecule has 0 bridgehead atoms. The second kappa shape index (κ2) is 7.08. The first kappa shape index (κ1) is 17.4. The van der Waals surface area contributed by atoms with E-state index in [4.69, 9.17) is 16.3 Å². The number of benzene rings is 1. The fourth-order valence-corrected chi connectivity index (χ4v) is 2.79. The number of aliphatic carboxylic acids is 1. The molecule has 0 spiro atoms. The normalized spacial score (nSPS) is 13.3. The standard InChI is InChI=1S/C15H15ClN2O4S/c1-15(8-22-2,14(20)21)18-12(19)11-7-23-13(17-11)9-3-5-10(16)6-4-9/h3-7H,8H2,1-2H3,(H,18,19)(H,20,21). The van der Waals surface area contributed by atoms with Gasteiger partial charge in [-0.25, -0.2) is 9.78 Å². The summed E-state index contributed by atoms with van der Waals surface area (Å²) in [5.41, 5.74) is -0.532. The van der Waals surface area contributed by atoms with Gasteiger partial charge in [-0.2, -0.15) is 0 Å². The summed E-state index contributed by atoms with van der Waals surface area (Å²) in [6.07, 6.45) is 0. The molecular formula is C15H15ClN2O4S. The fraction of sp³-hybridized carbons (Fsp3) is 0.267. The highest BCUT2D eigenvalue weighted by atomic mass is 35.5. The number of nitrogens with zero attached hydrogens (tertiary/aromatic N) is 1. The molecule has 0 saturated heterocycles. The Morgan fingerprint density at radius 1 is 1.39 bits per heavy atom. The van der Waals surface area contributed by atoms with Crippen LogP contribution in [-0.2, 0) is 9.53 Å². The molecule has 1 unspecified atom stereocenters. The molecule has 1 heterocycles. The molecule has 0 fully saturated rings. The van der Waals surface area contributed by atoms with E-state index in [9.17, 15) is 14.7 Å². The Bertz CT molecular complexity index is 717. The monoisotopic (exact) mass is 354 g/mol. The third kappa shape index (κ3) is 4.07. The molecule has 6 nitrogen and oxygen atoms in total. The first-order valence-electron chi connectivity index (χ1n) is 6.62. The number of hydrogen-bond donors (Lipinski definition) is 2. The lowest BCUT2D eigenvalue weighted by Crippen LogP contribution is -2.55. The highest BCUT2D eigenvalue weighted by Gasteiger charge is 2.35. The number of hydrogen-bond acceptors (Lipinski definition) is 5. The summed E-state index contributed by atoms with van der Waals surface area (Å²) >= 11 is 7.13. The number of carbonyl (C=O) groups excluding carboxylic acids is 1. The van der Waals surface area contributed by atoms with E-state index in [-0.39, 0.29) is 12.3 Å². The zero-order valence-electron chi connectivity index (χ0n) is 12.5. The summed E-state index contributed by atoms with van der Waals surface area (Å²) in [7, 11) is 1.37. The van der Waals surface area contributed by atoms with E-state index < -0.39 is 17.4 Å². The molecule has 122 valence electrons. The molecule has 1 atom stereocenters. The summed E-state index contributed by atoms with van der Waals surface area (Å²) in [4.78, 5) is 27.8. The van der Waals surface area contributed by atoms with Gasteiger partial charge in [0, 0.05) is 23.1 Å². The number of methoxy groups -OCH3 is 1. The van der Waals surface area contributed by atoms with Crippen LogP contribution in [0.4, 0.5) is 0 Å². The van der Waals surface area contributed by atoms with Gasteiger partial charge in [-0.1, -0.05) is 23.7 Å². The van der Waals surface area contributed by atoms with E-state index in [1.165, 1.54) is 25.4 Å². The van der Waals surface area contributed by atoms with Gasteiger partial charge in [-0.05, 0) is 19.1 Å². The van der Waals surface area contributed by atoms with E-state index in [0.717, 1.165) is 5.56 Å². The largest absolute Gasteiger partial charge is 0.479 e. The van der Waals surface area contributed by atoms with Crippen LogP contribution >= 0.6 is 22.9 Å². The first-order chi connectivity index (χ1) is 10.9. The molecule has 2 rings (SSSR count). The highest BCUT2D eigenvalue weighted by Crippen LogP contribution is 2.25. The minimum Gasteiger partial charge on any atom is -0.479 e. The average Bonchev–Trinajstić information content (AvgIpc) is 2.98. The van der Waals surface area contributed by atoms with Gasteiger partial charge in [-0.15, -0.1) is 11.3 Å². The van der Waals surface area contributed by atoms with Gasteiger partial charge in [0.1, 0.15) is 10.7 Å². The summed E-state index contributed by atoms with van der Waals surface area (Å²) in [5.74, 6) is -1.75. The predicted octanol–water partition coefficient (Wildman–Crippen LogP) is 2.68. The molecule has 0 saturated carbocycles. The van der Waals surface area contributed by atoms with Crippen molar-refractivity contribution in [2.75, 3.05) is 13.7 Å². The van der Waals surface area contributed by atoms with Gasteiger partial charge in [0.15, 0.2) is 5.54 Å². The Hall–Kier alpha value is -1.96. The summed E-state index contributed by atoms with van der Waals surface area (Å²) in [5, 5.41) is 14.5. The quantitative estimate of drug-likeness (QED) is 0.832. The van der Waals surface area contributed by atoms with Crippen molar-refractivity contribution in [1.82, 2.24) is 10.3 Å². The van der Waals surface area contributed by atoms with Crippen molar-refractivity contribution in [2.24, 2.45) is 0 Å². The molecule has 0 aliphatic rings. The Morgan fingerprint density at radius 2 is 2.04 bits per heavy atom. The molecule has 0 aliphatic heterocycles. The van der Waals surface area contributed by atoms with Crippen molar-refractivity contribution in [3.8, 4) is 10.6 Å². The lowest BCUT2D eigenvalue weighted by molar-refractivity contribution is -0.145. The number of halogens is 1. The lowest BCUT2D eigenvalue weighted by Gasteiger charge is -2.24. The smallest absolute Gasteiger partial charge is 0.331 e. The number of aromatic nitrogens is 1. The summed E-state index contributed by atoms with van der Waals surface area (Å²) in [6, 6.07) is 7.07. The predicted molar refractivity (Wildman–Crippen MR) is 87.9 cm³/mol. The number of carboxylic acids is 1. The van der Waals surface area contributed by atoms with E-state index >= 15 is 0 Å². The van der Waals surface area contributed by atoms with Crippen LogP contribution in [0.5, 0.6) is 0 Å². The second-order valence-corrected chi connectivity index (χ2v) is 6.36. The van der Waals surface area contributed by atoms with Crippen LogP contribution < -0.4 is 5.32 Å². The number of nitrogens with one attached hydrogen (secondary N) is 1. The van der Waals surface area contributed by atoms with Crippen LogP contribution in [0.2, 0.25) is 5.02 Å². The zero-order chi connectivity index (χ0) is 17.0. The summed E-state index contributed by atoms with van der Waals surface area (Å²) in [6.45, 7) is 1.23. The van der Waals surface area contributed by atoms with Gasteiger partial charge in [0.05, 0.1) is 6.61 Å². The van der Waals surface area contributed by atoms with Crippen LogP contribution in [0.3, 0.4) is 0 Å². The molecule has 1 aromatic carbocycles. The van der Waals surface area contributed by atoms with E-state index in [1.807, 2.05) is 0 Å². The second-order valence-electron chi connectivity index (χ2n) is 5.07. The topological polar surface area (TPSA) is 88.5 Å². The van der Waals surface area contributed by atoms with Crippen LogP contribution in [-0.4, -0.2) is 41.2 Å².